The van der Waals surface area contributed by atoms with Gasteiger partial charge in [-0.25, -0.2) is 14.4 Å². The zero-order valence-electron chi connectivity index (χ0n) is 17.4. The SMILES string of the molecule is C=CCOC(=O)N[C@H]1C[C@@H](C(=O)O)N(C(=O)OCC2c3ccccc3-c3ccccc32)C1. The maximum absolute atomic E-state index is 12.8. The van der Waals surface area contributed by atoms with E-state index in [4.69, 9.17) is 9.47 Å². The van der Waals surface area contributed by atoms with Gasteiger partial charge in [0.05, 0.1) is 6.04 Å². The number of nitrogens with zero attached hydrogens (tertiary/aromatic N) is 1. The number of ether oxygens (including phenoxy) is 2. The van der Waals surface area contributed by atoms with Gasteiger partial charge >= 0.3 is 18.2 Å². The molecule has 166 valence electrons. The fraction of sp³-hybridized carbons (Fsp3) is 0.292. The van der Waals surface area contributed by atoms with Crippen LogP contribution in [0.25, 0.3) is 11.1 Å². The molecular weight excluding hydrogens is 412 g/mol. The number of nitrogens with one attached hydrogen (secondary N) is 1. The van der Waals surface area contributed by atoms with Crippen LogP contribution in [-0.4, -0.2) is 60.0 Å². The first-order valence-electron chi connectivity index (χ1n) is 10.4. The Bertz CT molecular complexity index is 1010. The molecule has 8 heteroatoms. The highest BCUT2D eigenvalue weighted by atomic mass is 16.6. The third-order valence-corrected chi connectivity index (χ3v) is 5.81. The Morgan fingerprint density at radius 1 is 1.06 bits per heavy atom. The van der Waals surface area contributed by atoms with Crippen LogP contribution in [-0.2, 0) is 14.3 Å². The average Bonchev–Trinajstić information content (AvgIpc) is 3.36. The highest BCUT2D eigenvalue weighted by Gasteiger charge is 2.42. The summed E-state index contributed by atoms with van der Waals surface area (Å²) >= 11 is 0. The monoisotopic (exact) mass is 436 g/mol. The van der Waals surface area contributed by atoms with Crippen molar-refractivity contribution >= 4 is 18.2 Å². The van der Waals surface area contributed by atoms with Gasteiger partial charge in [0.15, 0.2) is 0 Å². The zero-order chi connectivity index (χ0) is 22.7. The van der Waals surface area contributed by atoms with Crippen LogP contribution < -0.4 is 5.32 Å². The van der Waals surface area contributed by atoms with E-state index in [1.807, 2.05) is 48.5 Å². The van der Waals surface area contributed by atoms with E-state index in [9.17, 15) is 19.5 Å². The van der Waals surface area contributed by atoms with E-state index in [1.165, 1.54) is 6.08 Å². The van der Waals surface area contributed by atoms with Gasteiger partial charge in [0.25, 0.3) is 0 Å². The van der Waals surface area contributed by atoms with Gasteiger partial charge in [0, 0.05) is 18.9 Å². The predicted octanol–water partition coefficient (Wildman–Crippen LogP) is 3.38. The number of hydrogen-bond acceptors (Lipinski definition) is 5. The van der Waals surface area contributed by atoms with Crippen molar-refractivity contribution in [2.24, 2.45) is 0 Å². The van der Waals surface area contributed by atoms with E-state index >= 15 is 0 Å². The molecule has 8 nitrogen and oxygen atoms in total. The fourth-order valence-corrected chi connectivity index (χ4v) is 4.40. The van der Waals surface area contributed by atoms with E-state index < -0.39 is 30.2 Å². The van der Waals surface area contributed by atoms with Gasteiger partial charge in [-0.3, -0.25) is 4.90 Å². The second-order valence-corrected chi connectivity index (χ2v) is 7.77. The number of rotatable bonds is 6. The van der Waals surface area contributed by atoms with Crippen molar-refractivity contribution in [2.45, 2.75) is 24.4 Å². The highest BCUT2D eigenvalue weighted by molar-refractivity contribution is 5.82. The standard InChI is InChI=1S/C24H24N2O6/c1-2-11-31-23(29)25-15-12-21(22(27)28)26(13-15)24(30)32-14-20-18-9-5-3-7-16(18)17-8-4-6-10-19(17)20/h2-10,15,20-21H,1,11-14H2,(H,25,29)(H,27,28)/t15-,21-/m0/s1. The Kier molecular flexibility index (Phi) is 6.11. The first-order valence-corrected chi connectivity index (χ1v) is 10.4. The molecule has 0 spiro atoms. The van der Waals surface area contributed by atoms with E-state index in [2.05, 4.69) is 11.9 Å². The van der Waals surface area contributed by atoms with Crippen molar-refractivity contribution in [2.75, 3.05) is 19.8 Å². The Morgan fingerprint density at radius 3 is 2.28 bits per heavy atom. The van der Waals surface area contributed by atoms with Gasteiger partial charge in [0.2, 0.25) is 0 Å². The Hall–Kier alpha value is -3.81. The van der Waals surface area contributed by atoms with E-state index in [0.29, 0.717) is 0 Å². The summed E-state index contributed by atoms with van der Waals surface area (Å²) in [6, 6.07) is 14.3. The molecule has 1 saturated heterocycles. The minimum atomic E-state index is -1.15. The number of aliphatic carboxylic acids is 1. The van der Waals surface area contributed by atoms with Crippen LogP contribution in [0.2, 0.25) is 0 Å². The van der Waals surface area contributed by atoms with Crippen LogP contribution in [0.4, 0.5) is 9.59 Å². The quantitative estimate of drug-likeness (QED) is 0.673. The predicted molar refractivity (Wildman–Crippen MR) is 116 cm³/mol. The fourth-order valence-electron chi connectivity index (χ4n) is 4.40. The molecule has 2 aromatic rings. The van der Waals surface area contributed by atoms with Crippen LogP contribution in [0.1, 0.15) is 23.5 Å². The maximum Gasteiger partial charge on any atom is 0.410 e. The largest absolute Gasteiger partial charge is 0.480 e. The number of benzene rings is 2. The molecule has 4 rings (SSSR count). The van der Waals surface area contributed by atoms with Gasteiger partial charge in [-0.2, -0.15) is 0 Å². The first kappa shape index (κ1) is 21.4. The second-order valence-electron chi connectivity index (χ2n) is 7.77. The van der Waals surface area contributed by atoms with Crippen molar-refractivity contribution in [3.63, 3.8) is 0 Å². The number of alkyl carbamates (subject to hydrolysis) is 1. The maximum atomic E-state index is 12.8. The molecule has 2 N–H and O–H groups in total. The molecule has 0 saturated carbocycles. The lowest BCUT2D eigenvalue weighted by Crippen LogP contribution is -2.42. The normalized spacial score (nSPS) is 19.1. The molecule has 2 amide bonds. The van der Waals surface area contributed by atoms with E-state index in [1.54, 1.807) is 0 Å². The summed E-state index contributed by atoms with van der Waals surface area (Å²) in [6.07, 6.45) is 0.0939. The smallest absolute Gasteiger partial charge is 0.410 e. The molecule has 0 bridgehead atoms. The summed E-state index contributed by atoms with van der Waals surface area (Å²) in [5.41, 5.74) is 4.36. The molecule has 1 fully saturated rings. The number of hydrogen-bond donors (Lipinski definition) is 2. The summed E-state index contributed by atoms with van der Waals surface area (Å²) in [5.74, 6) is -1.28. The van der Waals surface area contributed by atoms with Crippen LogP contribution in [0.5, 0.6) is 0 Å². The Morgan fingerprint density at radius 2 is 1.69 bits per heavy atom. The van der Waals surface area contributed by atoms with Crippen LogP contribution >= 0.6 is 0 Å². The molecule has 2 aliphatic rings. The van der Waals surface area contributed by atoms with Gasteiger partial charge in [-0.05, 0) is 22.3 Å². The molecule has 0 radical (unpaired) electrons. The lowest BCUT2D eigenvalue weighted by Gasteiger charge is -2.22. The van der Waals surface area contributed by atoms with E-state index in [-0.39, 0.29) is 32.1 Å². The lowest BCUT2D eigenvalue weighted by atomic mass is 9.98. The van der Waals surface area contributed by atoms with Gasteiger partial charge in [0.1, 0.15) is 19.3 Å². The summed E-state index contributed by atoms with van der Waals surface area (Å²) in [6.45, 7) is 3.62. The van der Waals surface area contributed by atoms with Crippen LogP contribution in [0, 0.1) is 0 Å². The minimum absolute atomic E-state index is 0.0246. The molecule has 2 aromatic carbocycles. The Labute approximate surface area is 185 Å². The molecule has 2 atom stereocenters. The minimum Gasteiger partial charge on any atom is -0.480 e. The van der Waals surface area contributed by atoms with Gasteiger partial charge in [-0.15, -0.1) is 0 Å². The topological polar surface area (TPSA) is 105 Å². The number of fused-ring (bicyclic) bond motifs is 3. The Balaban J connectivity index is 1.44. The summed E-state index contributed by atoms with van der Waals surface area (Å²) in [4.78, 5) is 37.5. The second kappa shape index (κ2) is 9.13. The number of likely N-dealkylation sites (tertiary alicyclic amines) is 1. The summed E-state index contributed by atoms with van der Waals surface area (Å²) < 4.78 is 10.5. The summed E-state index contributed by atoms with van der Waals surface area (Å²) in [5, 5.41) is 12.1. The molecular formula is C24H24N2O6. The molecule has 0 unspecified atom stereocenters. The number of carbonyl (C=O) groups excluding carboxylic acids is 2. The van der Waals surface area contributed by atoms with Gasteiger partial charge < -0.3 is 19.9 Å². The number of carboxylic acids is 1. The van der Waals surface area contributed by atoms with Crippen molar-refractivity contribution < 1.29 is 29.0 Å². The lowest BCUT2D eigenvalue weighted by molar-refractivity contribution is -0.141. The van der Waals surface area contributed by atoms with Crippen molar-refractivity contribution in [3.05, 3.63) is 72.3 Å². The summed E-state index contributed by atoms with van der Waals surface area (Å²) in [7, 11) is 0. The van der Waals surface area contributed by atoms with Crippen LogP contribution in [0.3, 0.4) is 0 Å². The van der Waals surface area contributed by atoms with Crippen molar-refractivity contribution in [3.8, 4) is 11.1 Å². The van der Waals surface area contributed by atoms with Crippen molar-refractivity contribution in [1.82, 2.24) is 10.2 Å². The molecule has 1 aliphatic carbocycles. The van der Waals surface area contributed by atoms with Crippen LogP contribution in [0.15, 0.2) is 61.2 Å². The number of carboxylic acid groups (broad SMARTS) is 1. The van der Waals surface area contributed by atoms with Gasteiger partial charge in [-0.1, -0.05) is 61.2 Å². The highest BCUT2D eigenvalue weighted by Crippen LogP contribution is 2.44. The average molecular weight is 436 g/mol. The number of amides is 2. The first-order chi connectivity index (χ1) is 15.5. The third-order valence-electron chi connectivity index (χ3n) is 5.81. The van der Waals surface area contributed by atoms with Crippen molar-refractivity contribution in [1.29, 1.82) is 0 Å². The van der Waals surface area contributed by atoms with E-state index in [0.717, 1.165) is 27.2 Å². The third kappa shape index (κ3) is 4.16. The molecule has 32 heavy (non-hydrogen) atoms. The zero-order valence-corrected chi connectivity index (χ0v) is 17.4. The molecule has 0 aromatic heterocycles. The molecule has 1 heterocycles. The molecule has 1 aliphatic heterocycles. The number of carbonyl (C=O) groups is 3.